The summed E-state index contributed by atoms with van der Waals surface area (Å²) in [4.78, 5) is 61.9. The minimum atomic E-state index is -1.47. The topological polar surface area (TPSA) is 195 Å². The maximum atomic E-state index is 15.4. The van der Waals surface area contributed by atoms with Gasteiger partial charge in [-0.2, -0.15) is 0 Å². The highest BCUT2D eigenvalue weighted by molar-refractivity contribution is 5.92. The minimum Gasteiger partial charge on any atom is -0.478 e. The van der Waals surface area contributed by atoms with Crippen LogP contribution < -0.4 is 12.3 Å². The van der Waals surface area contributed by atoms with Gasteiger partial charge in [-0.05, 0) is 96.5 Å². The van der Waals surface area contributed by atoms with Gasteiger partial charge in [0, 0.05) is 11.1 Å². The molecule has 4 aliphatic rings. The van der Waals surface area contributed by atoms with Crippen LogP contribution in [0.4, 0.5) is 9.59 Å². The molecule has 12 nitrogen and oxygen atoms in total. The first-order chi connectivity index (χ1) is 22.9. The Labute approximate surface area is 289 Å². The van der Waals surface area contributed by atoms with E-state index in [4.69, 9.17) is 0 Å². The predicted octanol–water partition coefficient (Wildman–Crippen LogP) is 6.98. The summed E-state index contributed by atoms with van der Waals surface area (Å²) in [5, 5.41) is 19.6. The van der Waals surface area contributed by atoms with Gasteiger partial charge in [0.1, 0.15) is 0 Å². The van der Waals surface area contributed by atoms with E-state index in [1.165, 1.54) is 24.3 Å². The SMILES string of the molecule is Cc1ccc(C)c2c1CN1C(=O)N3Cc4c(C)ccc(C)c4CN4C(=O)N(C2)C1(c1ccc(C(=O)O)cc1)C34c1ccc(C(=O)O)cc1.[NH4+].[NH4+]. The molecule has 0 aliphatic carbocycles. The molecule has 2 saturated heterocycles. The van der Waals surface area contributed by atoms with Crippen molar-refractivity contribution in [2.75, 3.05) is 0 Å². The molecule has 8 rings (SSSR count). The fourth-order valence-corrected chi connectivity index (χ4v) is 8.70. The van der Waals surface area contributed by atoms with E-state index in [0.29, 0.717) is 11.1 Å². The monoisotopic (exact) mass is 678 g/mol. The summed E-state index contributed by atoms with van der Waals surface area (Å²) in [5.74, 6) is -2.17. The summed E-state index contributed by atoms with van der Waals surface area (Å²) in [7, 11) is 0. The summed E-state index contributed by atoms with van der Waals surface area (Å²) >= 11 is 0. The van der Waals surface area contributed by atoms with Crippen LogP contribution in [0, 0.1) is 27.7 Å². The van der Waals surface area contributed by atoms with Gasteiger partial charge in [-0.3, -0.25) is 19.6 Å². The number of carboxylic acid groups (broad SMARTS) is 2. The molecule has 0 atom stereocenters. The van der Waals surface area contributed by atoms with Crippen LogP contribution in [-0.2, 0) is 37.5 Å². The number of hydrogen-bond acceptors (Lipinski definition) is 4. The Kier molecular flexibility index (Phi) is 7.81. The van der Waals surface area contributed by atoms with Crippen LogP contribution in [0.3, 0.4) is 0 Å². The number of benzene rings is 4. The van der Waals surface area contributed by atoms with E-state index in [2.05, 4.69) is 0 Å². The molecule has 258 valence electrons. The largest absolute Gasteiger partial charge is 0.478 e. The molecule has 10 N–H and O–H groups in total. The Hall–Kier alpha value is -5.72. The highest BCUT2D eigenvalue weighted by Crippen LogP contribution is 2.65. The predicted molar refractivity (Wildman–Crippen MR) is 187 cm³/mol. The molecule has 0 spiro atoms. The minimum absolute atomic E-state index is 0. The lowest BCUT2D eigenvalue weighted by Crippen LogP contribution is -2.62. The molecule has 4 aliphatic heterocycles. The van der Waals surface area contributed by atoms with Crippen LogP contribution in [0.2, 0.25) is 0 Å². The summed E-state index contributed by atoms with van der Waals surface area (Å²) in [5.41, 5.74) is 6.31. The van der Waals surface area contributed by atoms with Crippen LogP contribution in [0.5, 0.6) is 0 Å². The summed E-state index contributed by atoms with van der Waals surface area (Å²) in [6, 6.07) is 20.5. The maximum absolute atomic E-state index is 15.4. The molecule has 0 bridgehead atoms. The zero-order valence-electron chi connectivity index (χ0n) is 29.1. The van der Waals surface area contributed by atoms with E-state index in [0.717, 1.165) is 44.5 Å². The molecule has 50 heavy (non-hydrogen) atoms. The quantitative estimate of drug-likeness (QED) is 0.180. The number of nitrogens with zero attached hydrogens (tertiary/aromatic N) is 4. The Morgan fingerprint density at radius 3 is 0.940 bits per heavy atom. The van der Waals surface area contributed by atoms with Crippen LogP contribution >= 0.6 is 0 Å². The number of quaternary nitrogens is 2. The van der Waals surface area contributed by atoms with Crippen molar-refractivity contribution in [3.05, 3.63) is 140 Å². The van der Waals surface area contributed by atoms with Crippen molar-refractivity contribution in [2.24, 2.45) is 0 Å². The van der Waals surface area contributed by atoms with E-state index in [9.17, 15) is 19.8 Å². The molecular weight excluding hydrogens is 636 g/mol. The number of aryl methyl sites for hydroxylation is 4. The van der Waals surface area contributed by atoms with Gasteiger partial charge in [-0.1, -0.05) is 48.5 Å². The van der Waals surface area contributed by atoms with Crippen molar-refractivity contribution >= 4 is 24.0 Å². The van der Waals surface area contributed by atoms with E-state index in [1.54, 1.807) is 43.9 Å². The zero-order valence-corrected chi connectivity index (χ0v) is 29.1. The van der Waals surface area contributed by atoms with Gasteiger partial charge in [0.05, 0.1) is 37.3 Å². The fraction of sp³-hybridized carbons (Fsp3) is 0.263. The summed E-state index contributed by atoms with van der Waals surface area (Å²) in [6.07, 6.45) is 0. The first kappa shape index (κ1) is 34.2. The third kappa shape index (κ3) is 4.06. The van der Waals surface area contributed by atoms with Gasteiger partial charge in [-0.15, -0.1) is 0 Å². The van der Waals surface area contributed by atoms with Crippen molar-refractivity contribution in [1.29, 1.82) is 0 Å². The number of urea groups is 2. The van der Waals surface area contributed by atoms with E-state index in [-0.39, 0.29) is 61.7 Å². The highest BCUT2D eigenvalue weighted by atomic mass is 16.4. The van der Waals surface area contributed by atoms with Gasteiger partial charge in [-0.25, -0.2) is 19.2 Å². The van der Waals surface area contributed by atoms with Crippen LogP contribution in [-0.4, -0.2) is 53.8 Å². The Balaban J connectivity index is 0.00000216. The van der Waals surface area contributed by atoms with E-state index >= 15 is 9.59 Å². The van der Waals surface area contributed by atoms with Crippen molar-refractivity contribution in [1.82, 2.24) is 31.9 Å². The molecule has 4 aromatic carbocycles. The fourth-order valence-electron chi connectivity index (χ4n) is 8.70. The second-order valence-corrected chi connectivity index (χ2v) is 13.3. The first-order valence-corrected chi connectivity index (χ1v) is 15.9. The van der Waals surface area contributed by atoms with E-state index in [1.807, 2.05) is 52.0 Å². The van der Waals surface area contributed by atoms with Crippen LogP contribution in [0.1, 0.15) is 76.4 Å². The average Bonchev–Trinajstić information content (AvgIpc) is 3.24. The number of carboxylic acids is 2. The molecular formula is C38H42N6O6+2. The number of carbonyl (C=O) groups is 4. The van der Waals surface area contributed by atoms with Gasteiger partial charge in [0.2, 0.25) is 0 Å². The molecule has 4 heterocycles. The molecule has 12 heteroatoms. The lowest BCUT2D eigenvalue weighted by Gasteiger charge is -2.49. The molecule has 0 saturated carbocycles. The summed E-state index contributed by atoms with van der Waals surface area (Å²) in [6.45, 7) is 8.90. The second-order valence-electron chi connectivity index (χ2n) is 13.3. The number of aromatic carboxylic acids is 2. The molecule has 2 fully saturated rings. The van der Waals surface area contributed by atoms with E-state index < -0.39 is 23.3 Å². The van der Waals surface area contributed by atoms with Crippen molar-refractivity contribution in [3.8, 4) is 0 Å². The Morgan fingerprint density at radius 2 is 0.720 bits per heavy atom. The van der Waals surface area contributed by atoms with Crippen molar-refractivity contribution in [3.63, 3.8) is 0 Å². The lowest BCUT2D eigenvalue weighted by molar-refractivity contribution is -0.0794. The number of rotatable bonds is 4. The molecule has 4 amide bonds. The van der Waals surface area contributed by atoms with Crippen LogP contribution in [0.15, 0.2) is 72.8 Å². The zero-order chi connectivity index (χ0) is 33.9. The Morgan fingerprint density at radius 1 is 0.480 bits per heavy atom. The molecule has 0 unspecified atom stereocenters. The maximum Gasteiger partial charge on any atom is 0.335 e. The number of carbonyl (C=O) groups excluding carboxylic acids is 2. The first-order valence-electron chi connectivity index (χ1n) is 15.9. The number of hydrogen-bond donors (Lipinski definition) is 4. The van der Waals surface area contributed by atoms with Gasteiger partial charge in [0.15, 0.2) is 11.3 Å². The normalized spacial score (nSPS) is 21.4. The highest BCUT2D eigenvalue weighted by Gasteiger charge is 2.80. The molecule has 0 radical (unpaired) electrons. The van der Waals surface area contributed by atoms with Gasteiger partial charge < -0.3 is 22.5 Å². The van der Waals surface area contributed by atoms with Crippen LogP contribution in [0.25, 0.3) is 0 Å². The third-order valence-corrected chi connectivity index (χ3v) is 11.1. The lowest BCUT2D eigenvalue weighted by atomic mass is 9.79. The van der Waals surface area contributed by atoms with Gasteiger partial charge >= 0.3 is 24.0 Å². The van der Waals surface area contributed by atoms with Gasteiger partial charge in [0.25, 0.3) is 0 Å². The summed E-state index contributed by atoms with van der Waals surface area (Å²) < 4.78 is 0. The standard InChI is InChI=1S/C38H34N4O6.2H3N/c1-21-5-6-22(2)30-18-40-36(48)42-20-32-24(4)8-7-23(3)31(32)19-41-35(47)39(17-29(21)30)37(40,27-13-9-25(10-14-27)33(43)44)38(41,42)28-15-11-26(12-16-28)34(45)46;;/h5-16H,17-20H2,1-4H3,(H,43,44)(H,45,46);2*1H3/p+2. The molecule has 4 aromatic rings. The van der Waals surface area contributed by atoms with Crippen molar-refractivity contribution in [2.45, 2.75) is 65.2 Å². The molecule has 0 aromatic heterocycles. The third-order valence-electron chi connectivity index (χ3n) is 11.1. The second kappa shape index (κ2) is 11.4. The number of amides is 4. The smallest absolute Gasteiger partial charge is 0.335 e. The average molecular weight is 679 g/mol. The number of fused-ring (bicyclic) bond motifs is 2. The van der Waals surface area contributed by atoms with Crippen molar-refractivity contribution < 1.29 is 29.4 Å². The Bertz CT molecular complexity index is 1880.